The highest BCUT2D eigenvalue weighted by atomic mass is 35.5. The van der Waals surface area contributed by atoms with Crippen LogP contribution in [0.5, 0.6) is 0 Å². The third kappa shape index (κ3) is 5.09. The molecule has 0 aliphatic carbocycles. The van der Waals surface area contributed by atoms with Crippen molar-refractivity contribution in [2.24, 2.45) is 0 Å². The second-order valence-corrected chi connectivity index (χ2v) is 6.98. The fourth-order valence-corrected chi connectivity index (χ4v) is 3.24. The zero-order valence-corrected chi connectivity index (χ0v) is 16.4. The second-order valence-electron chi connectivity index (χ2n) is 6.58. The van der Waals surface area contributed by atoms with Gasteiger partial charge in [-0.3, -0.25) is 9.59 Å². The maximum Gasteiger partial charge on any atom is 0.242 e. The van der Waals surface area contributed by atoms with Gasteiger partial charge in [0, 0.05) is 18.6 Å². The van der Waals surface area contributed by atoms with Crippen LogP contribution in [0.2, 0.25) is 5.02 Å². The van der Waals surface area contributed by atoms with E-state index in [1.54, 1.807) is 24.9 Å². The van der Waals surface area contributed by atoms with Crippen molar-refractivity contribution in [1.29, 1.82) is 0 Å². The zero-order valence-electron chi connectivity index (χ0n) is 15.7. The highest BCUT2D eigenvalue weighted by Crippen LogP contribution is 2.20. The molecule has 0 saturated carbocycles. The first-order valence-electron chi connectivity index (χ1n) is 8.63. The number of hydrogen-bond donors (Lipinski definition) is 1. The summed E-state index contributed by atoms with van der Waals surface area (Å²) in [6.45, 7) is 6.04. The van der Waals surface area contributed by atoms with E-state index in [0.717, 1.165) is 22.3 Å². The molecule has 2 amide bonds. The van der Waals surface area contributed by atoms with E-state index in [-0.39, 0.29) is 24.8 Å². The Balaban J connectivity index is 2.28. The molecule has 0 fully saturated rings. The van der Waals surface area contributed by atoms with Crippen molar-refractivity contribution in [3.8, 4) is 0 Å². The second kappa shape index (κ2) is 8.86. The lowest BCUT2D eigenvalue weighted by Crippen LogP contribution is -2.47. The van der Waals surface area contributed by atoms with E-state index in [0.29, 0.717) is 5.02 Å². The Morgan fingerprint density at radius 2 is 1.73 bits per heavy atom. The van der Waals surface area contributed by atoms with Crippen LogP contribution in [0, 0.1) is 13.8 Å². The summed E-state index contributed by atoms with van der Waals surface area (Å²) in [4.78, 5) is 26.8. The molecule has 5 heteroatoms. The predicted octanol–water partition coefficient (Wildman–Crippen LogP) is 3.66. The molecule has 0 spiro atoms. The molecule has 0 radical (unpaired) electrons. The highest BCUT2D eigenvalue weighted by molar-refractivity contribution is 6.31. The Labute approximate surface area is 160 Å². The van der Waals surface area contributed by atoms with E-state index in [2.05, 4.69) is 11.4 Å². The summed E-state index contributed by atoms with van der Waals surface area (Å²) in [6.07, 6.45) is 0.244. The lowest BCUT2D eigenvalue weighted by molar-refractivity contribution is -0.139. The number of benzene rings is 2. The number of likely N-dealkylation sites (N-methyl/N-ethyl adjacent to an activating group) is 1. The number of carbonyl (C=O) groups excluding carboxylic acids is 2. The fourth-order valence-electron chi connectivity index (χ4n) is 3.05. The van der Waals surface area contributed by atoms with Crippen molar-refractivity contribution < 1.29 is 9.59 Å². The van der Waals surface area contributed by atoms with Gasteiger partial charge in [-0.05, 0) is 38.0 Å². The average Bonchev–Trinajstić information content (AvgIpc) is 2.58. The largest absolute Gasteiger partial charge is 0.357 e. The standard InChI is InChI=1S/C21H25ClN2O2/c1-14-9-15(2)11-17(10-14)12-20(25)24(16(3)21(26)23-4)13-18-7-5-6-8-19(18)22/h5-11,16H,12-13H2,1-4H3,(H,23,26)/t16-/m0/s1. The van der Waals surface area contributed by atoms with Crippen LogP contribution in [0.4, 0.5) is 0 Å². The maximum absolute atomic E-state index is 13.0. The molecule has 2 rings (SSSR count). The van der Waals surface area contributed by atoms with Crippen molar-refractivity contribution in [2.75, 3.05) is 7.05 Å². The van der Waals surface area contributed by atoms with Gasteiger partial charge in [0.2, 0.25) is 11.8 Å². The van der Waals surface area contributed by atoms with Gasteiger partial charge in [-0.15, -0.1) is 0 Å². The van der Waals surface area contributed by atoms with Crippen LogP contribution in [0.1, 0.15) is 29.2 Å². The molecule has 0 aliphatic rings. The molecule has 4 nitrogen and oxygen atoms in total. The SMILES string of the molecule is CNC(=O)[C@H](C)N(Cc1ccccc1Cl)C(=O)Cc1cc(C)cc(C)c1. The first kappa shape index (κ1) is 20.0. The zero-order chi connectivity index (χ0) is 19.3. The Hall–Kier alpha value is -2.33. The Kier molecular flexibility index (Phi) is 6.81. The quantitative estimate of drug-likeness (QED) is 0.841. The molecule has 0 unspecified atom stereocenters. The van der Waals surface area contributed by atoms with Crippen molar-refractivity contribution in [2.45, 2.75) is 39.8 Å². The number of carbonyl (C=O) groups is 2. The van der Waals surface area contributed by atoms with Gasteiger partial charge in [0.15, 0.2) is 0 Å². The smallest absolute Gasteiger partial charge is 0.242 e. The Morgan fingerprint density at radius 1 is 1.12 bits per heavy atom. The third-order valence-electron chi connectivity index (χ3n) is 4.35. The van der Waals surface area contributed by atoms with Crippen LogP contribution in [0.25, 0.3) is 0 Å². The van der Waals surface area contributed by atoms with E-state index in [1.165, 1.54) is 0 Å². The van der Waals surface area contributed by atoms with Gasteiger partial charge in [-0.1, -0.05) is 59.1 Å². The summed E-state index contributed by atoms with van der Waals surface area (Å²) in [6, 6.07) is 12.9. The number of hydrogen-bond acceptors (Lipinski definition) is 2. The van der Waals surface area contributed by atoms with Gasteiger partial charge in [0.05, 0.1) is 6.42 Å². The molecule has 1 atom stereocenters. The molecule has 0 saturated heterocycles. The van der Waals surface area contributed by atoms with Crippen LogP contribution in [-0.2, 0) is 22.6 Å². The van der Waals surface area contributed by atoms with E-state index in [1.807, 2.05) is 44.2 Å². The first-order chi connectivity index (χ1) is 12.3. The summed E-state index contributed by atoms with van der Waals surface area (Å²) in [5.41, 5.74) is 3.99. The third-order valence-corrected chi connectivity index (χ3v) is 4.72. The van der Waals surface area contributed by atoms with Crippen molar-refractivity contribution >= 4 is 23.4 Å². The molecule has 138 valence electrons. The fraction of sp³-hybridized carbons (Fsp3) is 0.333. The maximum atomic E-state index is 13.0. The lowest BCUT2D eigenvalue weighted by Gasteiger charge is -2.29. The predicted molar refractivity (Wildman–Crippen MR) is 105 cm³/mol. The molecule has 0 heterocycles. The Bertz CT molecular complexity index is 784. The average molecular weight is 373 g/mol. The topological polar surface area (TPSA) is 49.4 Å². The van der Waals surface area contributed by atoms with Crippen LogP contribution in [0.3, 0.4) is 0 Å². The Morgan fingerprint density at radius 3 is 2.31 bits per heavy atom. The summed E-state index contributed by atoms with van der Waals surface area (Å²) in [7, 11) is 1.57. The van der Waals surface area contributed by atoms with Crippen molar-refractivity contribution in [3.05, 3.63) is 69.7 Å². The molecule has 0 aliphatic heterocycles. The number of nitrogens with one attached hydrogen (secondary N) is 1. The van der Waals surface area contributed by atoms with E-state index in [4.69, 9.17) is 11.6 Å². The van der Waals surface area contributed by atoms with Gasteiger partial charge in [-0.25, -0.2) is 0 Å². The van der Waals surface area contributed by atoms with Crippen LogP contribution >= 0.6 is 11.6 Å². The van der Waals surface area contributed by atoms with Crippen LogP contribution in [0.15, 0.2) is 42.5 Å². The molecule has 0 bridgehead atoms. The van der Waals surface area contributed by atoms with E-state index in [9.17, 15) is 9.59 Å². The summed E-state index contributed by atoms with van der Waals surface area (Å²) >= 11 is 6.25. The molecule has 2 aromatic carbocycles. The molecule has 0 aromatic heterocycles. The minimum Gasteiger partial charge on any atom is -0.357 e. The number of aryl methyl sites for hydroxylation is 2. The number of amides is 2. The van der Waals surface area contributed by atoms with E-state index < -0.39 is 6.04 Å². The molecular weight excluding hydrogens is 348 g/mol. The molecule has 1 N–H and O–H groups in total. The van der Waals surface area contributed by atoms with Crippen molar-refractivity contribution in [3.63, 3.8) is 0 Å². The molecular formula is C21H25ClN2O2. The van der Waals surface area contributed by atoms with Crippen LogP contribution < -0.4 is 5.32 Å². The monoisotopic (exact) mass is 372 g/mol. The van der Waals surface area contributed by atoms with E-state index >= 15 is 0 Å². The normalized spacial score (nSPS) is 11.7. The minimum atomic E-state index is -0.588. The number of halogens is 1. The summed E-state index contributed by atoms with van der Waals surface area (Å²) in [5, 5.41) is 3.20. The van der Waals surface area contributed by atoms with Crippen molar-refractivity contribution in [1.82, 2.24) is 10.2 Å². The first-order valence-corrected chi connectivity index (χ1v) is 9.01. The number of rotatable bonds is 6. The van der Waals surface area contributed by atoms with Gasteiger partial charge in [0.25, 0.3) is 0 Å². The molecule has 26 heavy (non-hydrogen) atoms. The minimum absolute atomic E-state index is 0.106. The van der Waals surface area contributed by atoms with Crippen LogP contribution in [-0.4, -0.2) is 29.8 Å². The van der Waals surface area contributed by atoms with Gasteiger partial charge in [-0.2, -0.15) is 0 Å². The lowest BCUT2D eigenvalue weighted by atomic mass is 10.0. The number of nitrogens with zero attached hydrogens (tertiary/aromatic N) is 1. The van der Waals surface area contributed by atoms with Gasteiger partial charge in [0.1, 0.15) is 6.04 Å². The summed E-state index contributed by atoms with van der Waals surface area (Å²) in [5.74, 6) is -0.308. The summed E-state index contributed by atoms with van der Waals surface area (Å²) < 4.78 is 0. The van der Waals surface area contributed by atoms with Gasteiger partial charge < -0.3 is 10.2 Å². The van der Waals surface area contributed by atoms with Gasteiger partial charge >= 0.3 is 0 Å². The molecule has 2 aromatic rings. The highest BCUT2D eigenvalue weighted by Gasteiger charge is 2.26.